The van der Waals surface area contributed by atoms with Gasteiger partial charge in [0.1, 0.15) is 5.52 Å². The number of hydrogen-bond acceptors (Lipinski definition) is 7. The molecule has 10 nitrogen and oxygen atoms in total. The highest BCUT2D eigenvalue weighted by Crippen LogP contribution is 2.35. The van der Waals surface area contributed by atoms with E-state index in [1.54, 1.807) is 22.3 Å². The lowest BCUT2D eigenvalue weighted by molar-refractivity contribution is 0.0170. The molecule has 0 aromatic carbocycles. The number of amides is 1. The van der Waals surface area contributed by atoms with Gasteiger partial charge >= 0.3 is 0 Å². The quantitative estimate of drug-likeness (QED) is 0.451. The van der Waals surface area contributed by atoms with Crippen LogP contribution < -0.4 is 15.4 Å². The van der Waals surface area contributed by atoms with Crippen molar-refractivity contribution in [3.05, 3.63) is 42.4 Å². The molecule has 10 heteroatoms. The van der Waals surface area contributed by atoms with Crippen LogP contribution in [-0.4, -0.2) is 60.5 Å². The monoisotopic (exact) mass is 463 g/mol. The van der Waals surface area contributed by atoms with Crippen LogP contribution in [0.5, 0.6) is 5.88 Å². The minimum Gasteiger partial charge on any atom is -0.479 e. The zero-order chi connectivity index (χ0) is 24.0. The zero-order valence-electron chi connectivity index (χ0n) is 19.6. The van der Waals surface area contributed by atoms with E-state index in [0.717, 1.165) is 48.9 Å². The number of primary amides is 1. The summed E-state index contributed by atoms with van der Waals surface area (Å²) in [5.41, 5.74) is 8.38. The Labute approximate surface area is 196 Å². The SMILES string of the molecule is CCN(c1nc(OC)c2c(-c3ccn4ncc(C(N)=O)c4c3)ccn2n1)C1CCC(C)(O)CC1. The van der Waals surface area contributed by atoms with Gasteiger partial charge in [-0.15, -0.1) is 5.10 Å². The van der Waals surface area contributed by atoms with Crippen LogP contribution in [0.3, 0.4) is 0 Å². The number of rotatable bonds is 6. The van der Waals surface area contributed by atoms with Crippen LogP contribution in [0.15, 0.2) is 36.8 Å². The van der Waals surface area contributed by atoms with Crippen molar-refractivity contribution in [2.75, 3.05) is 18.6 Å². The van der Waals surface area contributed by atoms with Crippen LogP contribution in [0.2, 0.25) is 0 Å². The van der Waals surface area contributed by atoms with Gasteiger partial charge in [-0.25, -0.2) is 9.03 Å². The number of aliphatic hydroxyl groups is 1. The summed E-state index contributed by atoms with van der Waals surface area (Å²) in [5.74, 6) is 0.542. The first-order valence-corrected chi connectivity index (χ1v) is 11.5. The maximum atomic E-state index is 11.8. The van der Waals surface area contributed by atoms with Crippen LogP contribution in [0.1, 0.15) is 49.9 Å². The van der Waals surface area contributed by atoms with E-state index in [2.05, 4.69) is 16.9 Å². The fraction of sp³-hybridized carbons (Fsp3) is 0.417. The van der Waals surface area contributed by atoms with Crippen molar-refractivity contribution in [1.82, 2.24) is 24.2 Å². The highest BCUT2D eigenvalue weighted by Gasteiger charge is 2.32. The number of carbonyl (C=O) groups excluding carboxylic acids is 1. The maximum absolute atomic E-state index is 11.8. The summed E-state index contributed by atoms with van der Waals surface area (Å²) in [4.78, 5) is 18.8. The van der Waals surface area contributed by atoms with Gasteiger partial charge in [-0.1, -0.05) is 0 Å². The Bertz CT molecular complexity index is 1360. The number of carbonyl (C=O) groups is 1. The smallest absolute Gasteiger partial charge is 0.252 e. The topological polar surface area (TPSA) is 123 Å². The molecule has 4 aromatic heterocycles. The van der Waals surface area contributed by atoms with Gasteiger partial charge in [-0.3, -0.25) is 4.79 Å². The first kappa shape index (κ1) is 22.1. The summed E-state index contributed by atoms with van der Waals surface area (Å²) in [7, 11) is 1.60. The molecule has 0 aliphatic heterocycles. The molecule has 4 aromatic rings. The van der Waals surface area contributed by atoms with Crippen LogP contribution in [-0.2, 0) is 0 Å². The van der Waals surface area contributed by atoms with E-state index >= 15 is 0 Å². The predicted molar refractivity (Wildman–Crippen MR) is 128 cm³/mol. The summed E-state index contributed by atoms with van der Waals surface area (Å²) in [5, 5.41) is 19.3. The molecule has 3 N–H and O–H groups in total. The number of pyridine rings is 1. The molecule has 0 bridgehead atoms. The molecule has 5 rings (SSSR count). The van der Waals surface area contributed by atoms with Crippen molar-refractivity contribution >= 4 is 22.9 Å². The van der Waals surface area contributed by atoms with Crippen molar-refractivity contribution in [2.24, 2.45) is 5.73 Å². The Kier molecular flexibility index (Phi) is 5.40. The third-order valence-electron chi connectivity index (χ3n) is 6.83. The lowest BCUT2D eigenvalue weighted by Crippen LogP contribution is -2.43. The van der Waals surface area contributed by atoms with Crippen molar-refractivity contribution in [3.8, 4) is 17.0 Å². The second-order valence-corrected chi connectivity index (χ2v) is 9.13. The number of aromatic nitrogens is 5. The van der Waals surface area contributed by atoms with E-state index in [1.807, 2.05) is 31.3 Å². The highest BCUT2D eigenvalue weighted by atomic mass is 16.5. The number of anilines is 1. The average Bonchev–Trinajstić information content (AvgIpc) is 3.44. The van der Waals surface area contributed by atoms with E-state index in [9.17, 15) is 9.90 Å². The number of nitrogens with zero attached hydrogens (tertiary/aromatic N) is 6. The molecule has 178 valence electrons. The summed E-state index contributed by atoms with van der Waals surface area (Å²) < 4.78 is 9.11. The normalized spacial score (nSPS) is 20.6. The molecule has 1 fully saturated rings. The second-order valence-electron chi connectivity index (χ2n) is 9.13. The molecule has 0 saturated heterocycles. The Morgan fingerprint density at radius 1 is 1.29 bits per heavy atom. The van der Waals surface area contributed by atoms with Gasteiger partial charge in [-0.2, -0.15) is 10.1 Å². The predicted octanol–water partition coefficient (Wildman–Crippen LogP) is 2.67. The van der Waals surface area contributed by atoms with E-state index < -0.39 is 11.5 Å². The Morgan fingerprint density at radius 2 is 2.03 bits per heavy atom. The van der Waals surface area contributed by atoms with Crippen LogP contribution in [0.4, 0.5) is 5.95 Å². The summed E-state index contributed by atoms with van der Waals surface area (Å²) in [6.07, 6.45) is 8.42. The molecule has 1 aliphatic rings. The van der Waals surface area contributed by atoms with Crippen molar-refractivity contribution < 1.29 is 14.6 Å². The van der Waals surface area contributed by atoms with Gasteiger partial charge in [0.25, 0.3) is 5.91 Å². The largest absolute Gasteiger partial charge is 0.479 e. The number of fused-ring (bicyclic) bond motifs is 2. The Morgan fingerprint density at radius 3 is 2.71 bits per heavy atom. The first-order valence-electron chi connectivity index (χ1n) is 11.5. The highest BCUT2D eigenvalue weighted by molar-refractivity contribution is 6.00. The molecule has 34 heavy (non-hydrogen) atoms. The molecular weight excluding hydrogens is 434 g/mol. The van der Waals surface area contributed by atoms with Gasteiger partial charge in [0.2, 0.25) is 11.8 Å². The van der Waals surface area contributed by atoms with Crippen LogP contribution >= 0.6 is 0 Å². The number of ether oxygens (including phenoxy) is 1. The average molecular weight is 464 g/mol. The summed E-state index contributed by atoms with van der Waals surface area (Å²) in [6, 6.07) is 6.01. The Hall–Kier alpha value is -3.66. The molecule has 4 heterocycles. The van der Waals surface area contributed by atoms with Crippen molar-refractivity contribution in [1.29, 1.82) is 0 Å². The molecule has 0 atom stereocenters. The molecular formula is C24H29N7O3. The fourth-order valence-electron chi connectivity index (χ4n) is 4.92. The van der Waals surface area contributed by atoms with Gasteiger partial charge in [0, 0.05) is 30.5 Å². The zero-order valence-corrected chi connectivity index (χ0v) is 19.6. The van der Waals surface area contributed by atoms with Crippen LogP contribution in [0.25, 0.3) is 22.2 Å². The van der Waals surface area contributed by atoms with E-state index in [0.29, 0.717) is 22.9 Å². The molecule has 1 saturated carbocycles. The molecule has 0 radical (unpaired) electrons. The van der Waals surface area contributed by atoms with Gasteiger partial charge in [0.05, 0.1) is 30.0 Å². The van der Waals surface area contributed by atoms with Gasteiger partial charge in [0.15, 0.2) is 0 Å². The van der Waals surface area contributed by atoms with E-state index in [4.69, 9.17) is 20.6 Å². The second kappa shape index (κ2) is 8.28. The lowest BCUT2D eigenvalue weighted by Gasteiger charge is -2.39. The maximum Gasteiger partial charge on any atom is 0.252 e. The third kappa shape index (κ3) is 3.73. The third-order valence-corrected chi connectivity index (χ3v) is 6.83. The lowest BCUT2D eigenvalue weighted by atomic mass is 9.83. The molecule has 0 unspecified atom stereocenters. The van der Waals surface area contributed by atoms with Gasteiger partial charge < -0.3 is 20.5 Å². The summed E-state index contributed by atoms with van der Waals surface area (Å²) >= 11 is 0. The minimum atomic E-state index is -0.598. The fourth-order valence-corrected chi connectivity index (χ4v) is 4.92. The minimum absolute atomic E-state index is 0.263. The van der Waals surface area contributed by atoms with Crippen molar-refractivity contribution in [3.63, 3.8) is 0 Å². The number of hydrogen-bond donors (Lipinski definition) is 2. The van der Waals surface area contributed by atoms with E-state index in [-0.39, 0.29) is 6.04 Å². The summed E-state index contributed by atoms with van der Waals surface area (Å²) in [6.45, 7) is 4.74. The number of nitrogens with two attached hydrogens (primary N) is 1. The van der Waals surface area contributed by atoms with Crippen LogP contribution in [0, 0.1) is 0 Å². The molecule has 1 amide bonds. The van der Waals surface area contributed by atoms with Gasteiger partial charge in [-0.05, 0) is 63.3 Å². The van der Waals surface area contributed by atoms with E-state index in [1.165, 1.54) is 6.20 Å². The molecule has 0 spiro atoms. The Balaban J connectivity index is 1.56. The number of methoxy groups -OCH3 is 1. The van der Waals surface area contributed by atoms with Crippen molar-refractivity contribution in [2.45, 2.75) is 51.2 Å². The standard InChI is InChI=1S/C24H29N7O3/c1-4-29(16-5-9-24(2,33)10-6-16)23-27-22(34-3)20-17(8-12-31(20)28-23)15-7-11-30-19(13-15)18(14-26-30)21(25)32/h7-8,11-14,16,33H,4-6,9-10H2,1-3H3,(H2,25,32). The molecule has 1 aliphatic carbocycles. The first-order chi connectivity index (χ1) is 16.3.